The second-order valence-corrected chi connectivity index (χ2v) is 4.49. The highest BCUT2D eigenvalue weighted by Gasteiger charge is 2.41. The average molecular weight is 247 g/mol. The maximum Gasteiger partial charge on any atom is 0.280 e. The van der Waals surface area contributed by atoms with Gasteiger partial charge in [0.1, 0.15) is 0 Å². The Morgan fingerprint density at radius 1 is 1.56 bits per heavy atom. The summed E-state index contributed by atoms with van der Waals surface area (Å²) in [5, 5.41) is 9.10. The molecule has 18 heavy (non-hydrogen) atoms. The first kappa shape index (κ1) is 11.0. The number of nitrogens with zero attached hydrogens (tertiary/aromatic N) is 3. The van der Waals surface area contributed by atoms with Crippen LogP contribution in [-0.4, -0.2) is 31.2 Å². The highest BCUT2D eigenvalue weighted by atomic mass is 16.3. The second kappa shape index (κ2) is 3.67. The predicted molar refractivity (Wildman–Crippen MR) is 65.8 cm³/mol. The molecular weight excluding hydrogens is 234 g/mol. The van der Waals surface area contributed by atoms with Crippen molar-refractivity contribution < 1.29 is 5.11 Å². The van der Waals surface area contributed by atoms with Crippen molar-refractivity contribution in [3.05, 3.63) is 28.8 Å². The maximum atomic E-state index is 11.6. The van der Waals surface area contributed by atoms with Gasteiger partial charge in [0.25, 0.3) is 5.56 Å². The monoisotopic (exact) mass is 247 g/mol. The molecule has 2 aromatic rings. The third-order valence-electron chi connectivity index (χ3n) is 3.41. The van der Waals surface area contributed by atoms with E-state index in [2.05, 4.69) is 21.5 Å². The zero-order valence-electron chi connectivity index (χ0n) is 9.63. The number of aliphatic hydroxyl groups is 1. The maximum absolute atomic E-state index is 11.6. The lowest BCUT2D eigenvalue weighted by atomic mass is 10.3. The zero-order chi connectivity index (χ0) is 12.9. The van der Waals surface area contributed by atoms with Crippen LogP contribution in [0.25, 0.3) is 11.2 Å². The van der Waals surface area contributed by atoms with E-state index in [1.54, 1.807) is 10.9 Å². The molecule has 0 aliphatic heterocycles. The predicted octanol–water partition coefficient (Wildman–Crippen LogP) is -0.504. The number of aliphatic hydroxyl groups excluding tert-OH is 1. The van der Waals surface area contributed by atoms with E-state index in [0.717, 1.165) is 5.57 Å². The molecule has 7 heteroatoms. The number of aromatic amines is 1. The van der Waals surface area contributed by atoms with Crippen molar-refractivity contribution in [2.75, 3.05) is 12.3 Å². The summed E-state index contributed by atoms with van der Waals surface area (Å²) >= 11 is 0. The fourth-order valence-corrected chi connectivity index (χ4v) is 2.25. The van der Waals surface area contributed by atoms with Crippen LogP contribution >= 0.6 is 0 Å². The number of nitrogens with one attached hydrogen (secondary N) is 1. The van der Waals surface area contributed by atoms with E-state index in [1.165, 1.54) is 0 Å². The van der Waals surface area contributed by atoms with E-state index in [0.29, 0.717) is 12.2 Å². The largest absolute Gasteiger partial charge is 0.396 e. The van der Waals surface area contributed by atoms with Gasteiger partial charge in [-0.05, 0) is 0 Å². The fourth-order valence-electron chi connectivity index (χ4n) is 2.25. The molecule has 2 atom stereocenters. The van der Waals surface area contributed by atoms with Crippen molar-refractivity contribution in [3.8, 4) is 0 Å². The summed E-state index contributed by atoms with van der Waals surface area (Å²) in [6.45, 7) is 4.60. The normalized spacial score (nSPS) is 22.6. The van der Waals surface area contributed by atoms with Gasteiger partial charge in [0.05, 0.1) is 12.9 Å². The van der Waals surface area contributed by atoms with Gasteiger partial charge in [-0.2, -0.15) is 4.98 Å². The Kier molecular flexibility index (Phi) is 2.24. The first-order chi connectivity index (χ1) is 8.61. The lowest BCUT2D eigenvalue weighted by molar-refractivity contribution is 0.269. The van der Waals surface area contributed by atoms with Crippen molar-refractivity contribution in [1.82, 2.24) is 19.5 Å². The Hall–Kier alpha value is -2.15. The van der Waals surface area contributed by atoms with Gasteiger partial charge in [0.2, 0.25) is 5.95 Å². The molecule has 2 aromatic heterocycles. The van der Waals surface area contributed by atoms with Crippen LogP contribution in [0.4, 0.5) is 5.95 Å². The number of hydrogen-bond acceptors (Lipinski definition) is 5. The average Bonchev–Trinajstić information content (AvgIpc) is 2.75. The topological polar surface area (TPSA) is 110 Å². The lowest BCUT2D eigenvalue weighted by Gasteiger charge is -2.02. The van der Waals surface area contributed by atoms with Gasteiger partial charge in [0.15, 0.2) is 11.2 Å². The Bertz CT molecular complexity index is 686. The Morgan fingerprint density at radius 2 is 2.33 bits per heavy atom. The molecule has 0 spiro atoms. The number of fused-ring (bicyclic) bond motifs is 1. The number of H-pyrrole nitrogens is 1. The molecule has 94 valence electrons. The summed E-state index contributed by atoms with van der Waals surface area (Å²) in [5.41, 5.74) is 6.94. The van der Waals surface area contributed by atoms with E-state index in [-0.39, 0.29) is 35.5 Å². The molecule has 1 aliphatic rings. The van der Waals surface area contributed by atoms with Crippen LogP contribution in [0.2, 0.25) is 0 Å². The number of rotatable bonds is 3. The van der Waals surface area contributed by atoms with Gasteiger partial charge in [-0.15, -0.1) is 0 Å². The SMILES string of the molecule is C=C1C(CO)C1Cn1cnc2c(=O)[nH]c(N)nc21. The van der Waals surface area contributed by atoms with Crippen LogP contribution in [-0.2, 0) is 6.54 Å². The quantitative estimate of drug-likeness (QED) is 0.633. The first-order valence-corrected chi connectivity index (χ1v) is 5.62. The van der Waals surface area contributed by atoms with Gasteiger partial charge in [-0.3, -0.25) is 9.78 Å². The van der Waals surface area contributed by atoms with Crippen molar-refractivity contribution >= 4 is 17.1 Å². The van der Waals surface area contributed by atoms with E-state index in [4.69, 9.17) is 10.8 Å². The van der Waals surface area contributed by atoms with E-state index in [1.807, 2.05) is 0 Å². The van der Waals surface area contributed by atoms with Crippen LogP contribution in [0.1, 0.15) is 0 Å². The van der Waals surface area contributed by atoms with Crippen molar-refractivity contribution in [1.29, 1.82) is 0 Å². The smallest absolute Gasteiger partial charge is 0.280 e. The number of nitrogens with two attached hydrogens (primary N) is 1. The minimum Gasteiger partial charge on any atom is -0.396 e. The molecule has 3 rings (SSSR count). The molecule has 0 radical (unpaired) electrons. The molecule has 1 fully saturated rings. The van der Waals surface area contributed by atoms with Gasteiger partial charge in [0, 0.05) is 18.4 Å². The molecule has 4 N–H and O–H groups in total. The standard InChI is InChI=1S/C11H13N5O2/c1-5-6(7(5)3-17)2-16-4-13-8-9(16)14-11(12)15-10(8)18/h4,6-7,17H,1-3H2,(H3,12,14,15,18). The molecule has 0 aromatic carbocycles. The third-order valence-corrected chi connectivity index (χ3v) is 3.41. The molecule has 0 bridgehead atoms. The first-order valence-electron chi connectivity index (χ1n) is 5.62. The summed E-state index contributed by atoms with van der Waals surface area (Å²) in [5.74, 6) is 0.430. The lowest BCUT2D eigenvalue weighted by Crippen LogP contribution is -2.12. The number of hydrogen-bond donors (Lipinski definition) is 3. The number of nitrogen functional groups attached to an aromatic ring is 1. The van der Waals surface area contributed by atoms with Gasteiger partial charge >= 0.3 is 0 Å². The Labute approximate surface area is 102 Å². The fraction of sp³-hybridized carbons (Fsp3) is 0.364. The molecule has 2 unspecified atom stereocenters. The van der Waals surface area contributed by atoms with Crippen molar-refractivity contribution in [2.24, 2.45) is 11.8 Å². The minimum atomic E-state index is -0.343. The number of aromatic nitrogens is 4. The molecule has 1 aliphatic carbocycles. The van der Waals surface area contributed by atoms with Crippen LogP contribution in [0, 0.1) is 11.8 Å². The highest BCUT2D eigenvalue weighted by molar-refractivity contribution is 5.70. The summed E-state index contributed by atoms with van der Waals surface area (Å²) in [7, 11) is 0. The Balaban J connectivity index is 1.99. The Morgan fingerprint density at radius 3 is 3.00 bits per heavy atom. The molecular formula is C11H13N5O2. The molecule has 7 nitrogen and oxygen atoms in total. The van der Waals surface area contributed by atoms with Crippen LogP contribution < -0.4 is 11.3 Å². The second-order valence-electron chi connectivity index (χ2n) is 4.49. The van der Waals surface area contributed by atoms with Crippen LogP contribution in [0.5, 0.6) is 0 Å². The summed E-state index contributed by atoms with van der Waals surface area (Å²) in [6.07, 6.45) is 1.56. The van der Waals surface area contributed by atoms with Crippen molar-refractivity contribution in [3.63, 3.8) is 0 Å². The van der Waals surface area contributed by atoms with Gasteiger partial charge in [-0.1, -0.05) is 12.2 Å². The molecule has 1 saturated carbocycles. The number of imidazole rings is 1. The van der Waals surface area contributed by atoms with E-state index in [9.17, 15) is 4.79 Å². The van der Waals surface area contributed by atoms with Crippen molar-refractivity contribution in [2.45, 2.75) is 6.54 Å². The summed E-state index contributed by atoms with van der Waals surface area (Å²) in [4.78, 5) is 22.1. The van der Waals surface area contributed by atoms with E-state index >= 15 is 0 Å². The van der Waals surface area contributed by atoms with Crippen LogP contribution in [0.3, 0.4) is 0 Å². The van der Waals surface area contributed by atoms with E-state index < -0.39 is 0 Å². The van der Waals surface area contributed by atoms with Gasteiger partial charge < -0.3 is 15.4 Å². The number of anilines is 1. The third kappa shape index (κ3) is 1.52. The highest BCUT2D eigenvalue weighted by Crippen LogP contribution is 2.45. The summed E-state index contributed by atoms with van der Waals surface area (Å²) in [6, 6.07) is 0. The molecule has 2 heterocycles. The molecule has 0 saturated heterocycles. The van der Waals surface area contributed by atoms with Crippen LogP contribution in [0.15, 0.2) is 23.3 Å². The molecule has 0 amide bonds. The van der Waals surface area contributed by atoms with Gasteiger partial charge in [-0.25, -0.2) is 4.98 Å². The summed E-state index contributed by atoms with van der Waals surface area (Å²) < 4.78 is 1.77. The zero-order valence-corrected chi connectivity index (χ0v) is 9.63. The minimum absolute atomic E-state index is 0.0718.